The van der Waals surface area contributed by atoms with Crippen molar-refractivity contribution in [3.8, 4) is 0 Å². The fourth-order valence-corrected chi connectivity index (χ4v) is 6.34. The second kappa shape index (κ2) is 11.7. The van der Waals surface area contributed by atoms with E-state index in [0.717, 1.165) is 31.6 Å². The minimum Gasteiger partial charge on any atom is -0.435 e. The van der Waals surface area contributed by atoms with Gasteiger partial charge in [0.25, 0.3) is 0 Å². The summed E-state index contributed by atoms with van der Waals surface area (Å²) in [6.07, 6.45) is 21.7. The summed E-state index contributed by atoms with van der Waals surface area (Å²) in [5, 5.41) is 0. The predicted octanol–water partition coefficient (Wildman–Crippen LogP) is 4.94. The van der Waals surface area contributed by atoms with Crippen LogP contribution in [0.5, 0.6) is 0 Å². The molecule has 0 aromatic carbocycles. The maximum Gasteiger partial charge on any atom is 2.00 e. The van der Waals surface area contributed by atoms with Crippen molar-refractivity contribution in [1.82, 2.24) is 0 Å². The average molecular weight is 524 g/mol. The molecule has 7 aliphatic rings. The van der Waals surface area contributed by atoms with Crippen LogP contribution in [0.3, 0.4) is 0 Å². The van der Waals surface area contributed by atoms with Crippen LogP contribution in [0.4, 0.5) is 0 Å². The van der Waals surface area contributed by atoms with Gasteiger partial charge in [-0.25, -0.2) is 9.78 Å². The van der Waals surface area contributed by atoms with Crippen LogP contribution in [0.15, 0.2) is 0 Å². The van der Waals surface area contributed by atoms with Gasteiger partial charge in [0.05, 0.1) is 0 Å². The molecule has 8 atom stereocenters. The van der Waals surface area contributed by atoms with Crippen molar-refractivity contribution < 1.29 is 45.8 Å². The molecule has 4 saturated heterocycles. The zero-order valence-corrected chi connectivity index (χ0v) is 21.8. The average Bonchev–Trinajstić information content (AvgIpc) is 3.52. The van der Waals surface area contributed by atoms with Crippen LogP contribution < -0.4 is 0 Å². The van der Waals surface area contributed by atoms with Crippen molar-refractivity contribution in [3.05, 3.63) is 63.7 Å². The van der Waals surface area contributed by atoms with Crippen LogP contribution in [0.1, 0.15) is 59.3 Å². The number of hydrogen-bond acceptors (Lipinski definition) is 6. The Morgan fingerprint density at radius 1 is 0.971 bits per heavy atom. The van der Waals surface area contributed by atoms with Crippen LogP contribution in [-0.4, -0.2) is 29.9 Å². The Morgan fingerprint density at radius 3 is 2.34 bits per heavy atom. The first-order valence-electron chi connectivity index (χ1n) is 12.7. The zero-order chi connectivity index (χ0) is 23.8. The maximum absolute atomic E-state index is 12.5. The topological polar surface area (TPSA) is 63.2 Å². The van der Waals surface area contributed by atoms with E-state index in [2.05, 4.69) is 13.8 Å². The Bertz CT molecular complexity index is 702. The molecule has 1 spiro atoms. The molecule has 35 heavy (non-hydrogen) atoms. The van der Waals surface area contributed by atoms with E-state index < -0.39 is 24.0 Å². The van der Waals surface area contributed by atoms with Gasteiger partial charge < -0.3 is 14.2 Å². The van der Waals surface area contributed by atoms with Gasteiger partial charge in [0.15, 0.2) is 11.9 Å². The molecule has 2 unspecified atom stereocenters. The van der Waals surface area contributed by atoms with Gasteiger partial charge in [0.1, 0.15) is 0 Å². The van der Waals surface area contributed by atoms with E-state index in [1.54, 1.807) is 0 Å². The molecule has 7 heteroatoms. The molecule has 3 aliphatic carbocycles. The Hall–Kier alpha value is -0.171. The summed E-state index contributed by atoms with van der Waals surface area (Å²) in [6.45, 7) is 6.29. The molecule has 0 N–H and O–H groups in total. The number of fused-ring (bicyclic) bond motifs is 2. The minimum absolute atomic E-state index is 0. The van der Waals surface area contributed by atoms with Gasteiger partial charge in [-0.05, 0) is 108 Å². The second-order valence-electron chi connectivity index (χ2n) is 10.5. The summed E-state index contributed by atoms with van der Waals surface area (Å²) in [5.74, 6) is 1.10. The molecule has 6 nitrogen and oxygen atoms in total. The molecule has 2 bridgehead atoms. The van der Waals surface area contributed by atoms with E-state index in [1.165, 1.54) is 0 Å². The van der Waals surface area contributed by atoms with Crippen molar-refractivity contribution in [2.24, 2.45) is 23.7 Å². The Labute approximate surface area is 222 Å². The SMILES string of the molecule is C[C@@H]1CCC2[C@@H](C)[C@H](OC(=O)CC[C]3[CH][CH][CH][CH]3)OC3O[C@]4(C)CC[C@@H]1[C@]32OO4.[CH]1[CH][CH][CH][CH]1.[Fe+2]. The molecule has 10 radical (unpaired) electrons. The van der Waals surface area contributed by atoms with Crippen molar-refractivity contribution in [2.75, 3.05) is 0 Å². The molecular formula is C28H36FeO6+2. The predicted molar refractivity (Wildman–Crippen MR) is 124 cm³/mol. The minimum atomic E-state index is -0.815. The zero-order valence-electron chi connectivity index (χ0n) is 20.7. The van der Waals surface area contributed by atoms with E-state index in [-0.39, 0.29) is 34.9 Å². The van der Waals surface area contributed by atoms with Gasteiger partial charge in [0, 0.05) is 24.7 Å². The van der Waals surface area contributed by atoms with Gasteiger partial charge in [-0.15, -0.1) is 0 Å². The van der Waals surface area contributed by atoms with E-state index >= 15 is 0 Å². The van der Waals surface area contributed by atoms with Gasteiger partial charge in [0.2, 0.25) is 12.1 Å². The maximum atomic E-state index is 12.5. The number of ether oxygens (including phenoxy) is 3. The first-order chi connectivity index (χ1) is 16.4. The van der Waals surface area contributed by atoms with Crippen LogP contribution in [0.25, 0.3) is 0 Å². The smallest absolute Gasteiger partial charge is 0.435 e. The summed E-state index contributed by atoms with van der Waals surface area (Å²) in [7, 11) is 0. The van der Waals surface area contributed by atoms with E-state index in [0.29, 0.717) is 24.7 Å². The third kappa shape index (κ3) is 5.66. The first kappa shape index (κ1) is 27.9. The third-order valence-corrected chi connectivity index (χ3v) is 8.25. The van der Waals surface area contributed by atoms with Gasteiger partial charge in [-0.1, -0.05) is 13.8 Å². The molecule has 190 valence electrons. The van der Waals surface area contributed by atoms with Crippen molar-refractivity contribution in [3.63, 3.8) is 0 Å². The summed E-state index contributed by atoms with van der Waals surface area (Å²) >= 11 is 0. The molecule has 7 rings (SSSR count). The summed E-state index contributed by atoms with van der Waals surface area (Å²) in [5.41, 5.74) is -0.620. The van der Waals surface area contributed by atoms with Crippen molar-refractivity contribution in [2.45, 2.75) is 83.3 Å². The number of carbonyl (C=O) groups is 1. The fraction of sp³-hybridized carbons (Fsp3) is 0.607. The molecule has 0 aromatic heterocycles. The van der Waals surface area contributed by atoms with Gasteiger partial charge >= 0.3 is 23.0 Å². The van der Waals surface area contributed by atoms with Crippen molar-refractivity contribution >= 4 is 5.97 Å². The van der Waals surface area contributed by atoms with Crippen LogP contribution in [0, 0.1) is 87.4 Å². The summed E-state index contributed by atoms with van der Waals surface area (Å²) < 4.78 is 18.4. The number of carbonyl (C=O) groups excluding carboxylic acids is 1. The number of esters is 1. The first-order valence-corrected chi connectivity index (χ1v) is 12.7. The molecule has 4 aliphatic heterocycles. The van der Waals surface area contributed by atoms with Crippen LogP contribution in [0.2, 0.25) is 0 Å². The summed E-state index contributed by atoms with van der Waals surface area (Å²) in [4.78, 5) is 24.5. The van der Waals surface area contributed by atoms with Crippen LogP contribution >= 0.6 is 0 Å². The van der Waals surface area contributed by atoms with E-state index in [1.807, 2.05) is 64.7 Å². The Morgan fingerprint density at radius 2 is 1.66 bits per heavy atom. The normalized spacial score (nSPS) is 44.4. The molecular weight excluding hydrogens is 488 g/mol. The van der Waals surface area contributed by atoms with Gasteiger partial charge in [-0.2, -0.15) is 0 Å². The Kier molecular flexibility index (Phi) is 9.31. The van der Waals surface area contributed by atoms with Crippen LogP contribution in [-0.2, 0) is 45.8 Å². The molecule has 0 amide bonds. The second-order valence-corrected chi connectivity index (χ2v) is 10.5. The standard InChI is InChI=1S/C23H31O6.C5H5.Fe/c1-14-8-10-18-15(2)20(25-19(24)11-9-16-6-4-5-7-16)26-21-23(18)17(14)12-13-22(3,27-21)28-29-23;1-2-4-5-3-1;/h4-7,14-15,17-18,20-21H,8-13H2,1-3H3;1-5H;/q;;+2/t14-,15-,17+,18?,20-,21?,22+,23-;;/m1../s1. The van der Waals surface area contributed by atoms with E-state index in [4.69, 9.17) is 24.0 Å². The third-order valence-electron chi connectivity index (χ3n) is 8.25. The molecule has 4 heterocycles. The fourth-order valence-electron chi connectivity index (χ4n) is 6.34. The largest absolute Gasteiger partial charge is 2.00 e. The summed E-state index contributed by atoms with van der Waals surface area (Å²) in [6, 6.07) is 0. The Balaban J connectivity index is 0.000000431. The molecule has 3 saturated carbocycles. The van der Waals surface area contributed by atoms with Crippen molar-refractivity contribution in [1.29, 1.82) is 0 Å². The number of hydrogen-bond donors (Lipinski definition) is 0. The number of rotatable bonds is 4. The monoisotopic (exact) mass is 524 g/mol. The molecule has 7 fully saturated rings. The quantitative estimate of drug-likeness (QED) is 0.295. The van der Waals surface area contributed by atoms with Gasteiger partial charge in [-0.3, -0.25) is 4.79 Å². The van der Waals surface area contributed by atoms with E-state index in [9.17, 15) is 4.79 Å². The molecule has 0 aromatic rings.